The summed E-state index contributed by atoms with van der Waals surface area (Å²) in [5.41, 5.74) is 2.66. The molecule has 6 nitrogen and oxygen atoms in total. The minimum atomic E-state index is -0.455. The fraction of sp³-hybridized carbons (Fsp3) is 0.0476. The van der Waals surface area contributed by atoms with E-state index in [-0.39, 0.29) is 11.6 Å². The molecule has 0 fully saturated rings. The number of nitro benzene ring substituents is 1. The van der Waals surface area contributed by atoms with Gasteiger partial charge in [-0.25, -0.2) is 0 Å². The van der Waals surface area contributed by atoms with Crippen molar-refractivity contribution in [2.45, 2.75) is 6.54 Å². The summed E-state index contributed by atoms with van der Waals surface area (Å²) >= 11 is 0. The number of hydrogen-bond donors (Lipinski definition) is 1. The minimum Gasteiger partial charge on any atom is -0.348 e. The molecule has 3 aromatic rings. The number of benzene rings is 2. The van der Waals surface area contributed by atoms with Crippen molar-refractivity contribution in [3.05, 3.63) is 106 Å². The molecular formula is C21H17N3O3. The van der Waals surface area contributed by atoms with Crippen molar-refractivity contribution < 1.29 is 9.72 Å². The van der Waals surface area contributed by atoms with Crippen LogP contribution in [0.4, 0.5) is 5.69 Å². The first-order valence-corrected chi connectivity index (χ1v) is 8.32. The van der Waals surface area contributed by atoms with Gasteiger partial charge in [0.2, 0.25) is 0 Å². The Kier molecular flexibility index (Phi) is 5.69. The summed E-state index contributed by atoms with van der Waals surface area (Å²) in [6.45, 7) is 0.362. The number of nitrogens with one attached hydrogen (secondary N) is 1. The summed E-state index contributed by atoms with van der Waals surface area (Å²) < 4.78 is 0. The summed E-state index contributed by atoms with van der Waals surface area (Å²) in [5, 5.41) is 13.9. The highest BCUT2D eigenvalue weighted by Crippen LogP contribution is 2.21. The lowest BCUT2D eigenvalue weighted by Crippen LogP contribution is -2.23. The zero-order chi connectivity index (χ0) is 19.1. The lowest BCUT2D eigenvalue weighted by atomic mass is 10.0. The number of rotatable bonds is 6. The lowest BCUT2D eigenvalue weighted by molar-refractivity contribution is -0.384. The number of hydrogen-bond acceptors (Lipinski definition) is 4. The molecule has 3 rings (SSSR count). The number of nitro groups is 1. The summed E-state index contributed by atoms with van der Waals surface area (Å²) in [4.78, 5) is 27.3. The second-order valence-electron chi connectivity index (χ2n) is 5.81. The molecule has 1 heterocycles. The summed E-state index contributed by atoms with van der Waals surface area (Å²) in [6.07, 6.45) is 4.99. The maximum Gasteiger partial charge on any atom is 0.270 e. The molecule has 0 atom stereocenters. The molecule has 0 aliphatic heterocycles. The van der Waals surface area contributed by atoms with Crippen LogP contribution < -0.4 is 5.32 Å². The number of carbonyl (C=O) groups excluding carboxylic acids is 1. The highest BCUT2D eigenvalue weighted by Gasteiger charge is 2.13. The second kappa shape index (κ2) is 8.53. The predicted molar refractivity (Wildman–Crippen MR) is 103 cm³/mol. The number of pyridine rings is 1. The predicted octanol–water partition coefficient (Wildman–Crippen LogP) is 3.85. The molecule has 27 heavy (non-hydrogen) atoms. The molecule has 0 spiro atoms. The zero-order valence-electron chi connectivity index (χ0n) is 14.4. The Hall–Kier alpha value is -3.80. The SMILES string of the molecule is O=C(NCc1ccncc1)/C(=C/c1cccc([N+](=O)[O-])c1)c1ccccc1. The molecule has 0 unspecified atom stereocenters. The van der Waals surface area contributed by atoms with Gasteiger partial charge in [0.1, 0.15) is 0 Å². The Morgan fingerprint density at radius 3 is 2.48 bits per heavy atom. The Morgan fingerprint density at radius 1 is 1.04 bits per heavy atom. The van der Waals surface area contributed by atoms with Crippen molar-refractivity contribution in [2.75, 3.05) is 0 Å². The smallest absolute Gasteiger partial charge is 0.270 e. The van der Waals surface area contributed by atoms with E-state index in [1.807, 2.05) is 42.5 Å². The standard InChI is InChI=1S/C21H17N3O3/c25-21(23-15-16-9-11-22-12-10-16)20(18-6-2-1-3-7-18)14-17-5-4-8-19(13-17)24(26)27/h1-14H,15H2,(H,23,25)/b20-14+. The fourth-order valence-electron chi connectivity index (χ4n) is 2.57. The lowest BCUT2D eigenvalue weighted by Gasteiger charge is -2.10. The van der Waals surface area contributed by atoms with Gasteiger partial charge in [-0.1, -0.05) is 42.5 Å². The first-order chi connectivity index (χ1) is 13.1. The molecule has 0 saturated heterocycles. The van der Waals surface area contributed by atoms with E-state index in [9.17, 15) is 14.9 Å². The average Bonchev–Trinajstić information content (AvgIpc) is 2.72. The van der Waals surface area contributed by atoms with Crippen LogP contribution in [0.15, 0.2) is 79.1 Å². The van der Waals surface area contributed by atoms with Gasteiger partial charge in [-0.15, -0.1) is 0 Å². The molecule has 1 aromatic heterocycles. The normalized spacial score (nSPS) is 11.0. The number of carbonyl (C=O) groups is 1. The molecule has 134 valence electrons. The van der Waals surface area contributed by atoms with Crippen LogP contribution >= 0.6 is 0 Å². The van der Waals surface area contributed by atoms with E-state index in [4.69, 9.17) is 0 Å². The molecule has 0 bridgehead atoms. The van der Waals surface area contributed by atoms with Gasteiger partial charge in [-0.05, 0) is 34.9 Å². The molecule has 0 aliphatic rings. The molecular weight excluding hydrogens is 342 g/mol. The van der Waals surface area contributed by atoms with Crippen molar-refractivity contribution in [1.29, 1.82) is 0 Å². The highest BCUT2D eigenvalue weighted by atomic mass is 16.6. The van der Waals surface area contributed by atoms with Crippen LogP contribution in [0.2, 0.25) is 0 Å². The van der Waals surface area contributed by atoms with Gasteiger partial charge in [0, 0.05) is 36.6 Å². The fourth-order valence-corrected chi connectivity index (χ4v) is 2.57. The second-order valence-corrected chi connectivity index (χ2v) is 5.81. The molecule has 1 amide bonds. The van der Waals surface area contributed by atoms with Crippen LogP contribution in [-0.4, -0.2) is 15.8 Å². The van der Waals surface area contributed by atoms with Gasteiger partial charge < -0.3 is 5.32 Å². The summed E-state index contributed by atoms with van der Waals surface area (Å²) in [7, 11) is 0. The maximum absolute atomic E-state index is 12.8. The maximum atomic E-state index is 12.8. The first-order valence-electron chi connectivity index (χ1n) is 8.32. The number of amides is 1. The van der Waals surface area contributed by atoms with Gasteiger partial charge in [0.25, 0.3) is 11.6 Å². The molecule has 0 saturated carbocycles. The summed E-state index contributed by atoms with van der Waals surface area (Å²) in [5.74, 6) is -0.260. The molecule has 6 heteroatoms. The van der Waals surface area contributed by atoms with Crippen LogP contribution in [0.25, 0.3) is 11.6 Å². The Morgan fingerprint density at radius 2 is 1.78 bits per heavy atom. The van der Waals surface area contributed by atoms with E-state index in [1.165, 1.54) is 12.1 Å². The molecule has 0 aliphatic carbocycles. The molecule has 2 aromatic carbocycles. The van der Waals surface area contributed by atoms with Gasteiger partial charge in [0.15, 0.2) is 0 Å². The van der Waals surface area contributed by atoms with E-state index in [0.29, 0.717) is 17.7 Å². The quantitative estimate of drug-likeness (QED) is 0.313. The third-order valence-electron chi connectivity index (χ3n) is 3.92. The van der Waals surface area contributed by atoms with Crippen LogP contribution in [0.5, 0.6) is 0 Å². The van der Waals surface area contributed by atoms with Crippen molar-refractivity contribution >= 4 is 23.2 Å². The number of non-ortho nitro benzene ring substituents is 1. The van der Waals surface area contributed by atoms with Gasteiger partial charge >= 0.3 is 0 Å². The van der Waals surface area contributed by atoms with Crippen LogP contribution in [0, 0.1) is 10.1 Å². The third-order valence-corrected chi connectivity index (χ3v) is 3.92. The average molecular weight is 359 g/mol. The Balaban J connectivity index is 1.90. The number of nitrogens with zero attached hydrogens (tertiary/aromatic N) is 2. The van der Waals surface area contributed by atoms with Crippen LogP contribution in [-0.2, 0) is 11.3 Å². The molecule has 0 radical (unpaired) electrons. The first kappa shape index (κ1) is 18.0. The van der Waals surface area contributed by atoms with Crippen molar-refractivity contribution in [3.63, 3.8) is 0 Å². The molecule has 1 N–H and O–H groups in total. The van der Waals surface area contributed by atoms with E-state index in [2.05, 4.69) is 10.3 Å². The van der Waals surface area contributed by atoms with E-state index >= 15 is 0 Å². The Bertz CT molecular complexity index is 970. The van der Waals surface area contributed by atoms with Crippen LogP contribution in [0.1, 0.15) is 16.7 Å². The third kappa shape index (κ3) is 4.85. The topological polar surface area (TPSA) is 85.1 Å². The Labute approximate surface area is 156 Å². The van der Waals surface area contributed by atoms with E-state index in [1.54, 1.807) is 30.6 Å². The van der Waals surface area contributed by atoms with Gasteiger partial charge in [-0.2, -0.15) is 0 Å². The van der Waals surface area contributed by atoms with Crippen molar-refractivity contribution in [3.8, 4) is 0 Å². The van der Waals surface area contributed by atoms with Crippen molar-refractivity contribution in [1.82, 2.24) is 10.3 Å². The van der Waals surface area contributed by atoms with Crippen molar-refractivity contribution in [2.24, 2.45) is 0 Å². The zero-order valence-corrected chi connectivity index (χ0v) is 14.4. The van der Waals surface area contributed by atoms with E-state index in [0.717, 1.165) is 11.1 Å². The summed E-state index contributed by atoms with van der Waals surface area (Å²) in [6, 6.07) is 19.0. The van der Waals surface area contributed by atoms with Gasteiger partial charge in [-0.3, -0.25) is 19.9 Å². The largest absolute Gasteiger partial charge is 0.348 e. The van der Waals surface area contributed by atoms with Gasteiger partial charge in [0.05, 0.1) is 4.92 Å². The minimum absolute atomic E-state index is 0.0200. The monoisotopic (exact) mass is 359 g/mol. The van der Waals surface area contributed by atoms with Crippen LogP contribution in [0.3, 0.4) is 0 Å². The highest BCUT2D eigenvalue weighted by molar-refractivity contribution is 6.24. The van der Waals surface area contributed by atoms with E-state index < -0.39 is 4.92 Å². The number of aromatic nitrogens is 1.